The quantitative estimate of drug-likeness (QED) is 0.773. The number of nitrogens with one attached hydrogen (secondary N) is 1. The molecular formula is C21H26N2O4. The smallest absolute Gasteiger partial charge is 0.226 e. The summed E-state index contributed by atoms with van der Waals surface area (Å²) in [6.45, 7) is 4.37. The minimum Gasteiger partial charge on any atom is -0.493 e. The van der Waals surface area contributed by atoms with Gasteiger partial charge in [-0.1, -0.05) is 24.3 Å². The van der Waals surface area contributed by atoms with Crippen LogP contribution in [0, 0.1) is 6.92 Å². The highest BCUT2D eigenvalue weighted by atomic mass is 16.5. The third kappa shape index (κ3) is 5.74. The summed E-state index contributed by atoms with van der Waals surface area (Å²) in [6, 6.07) is 13.1. The van der Waals surface area contributed by atoms with Crippen molar-refractivity contribution in [3.63, 3.8) is 0 Å². The van der Waals surface area contributed by atoms with Gasteiger partial charge in [0.25, 0.3) is 0 Å². The predicted octanol–water partition coefficient (Wildman–Crippen LogP) is 3.39. The monoisotopic (exact) mass is 370 g/mol. The Bertz CT molecular complexity index is 805. The molecule has 0 atom stereocenters. The molecule has 1 N–H and O–H groups in total. The van der Waals surface area contributed by atoms with E-state index in [0.29, 0.717) is 30.3 Å². The molecule has 0 unspecified atom stereocenters. The fraction of sp³-hybridized carbons (Fsp3) is 0.333. The number of aryl methyl sites for hydroxylation is 1. The lowest BCUT2D eigenvalue weighted by Gasteiger charge is -2.22. The molecular weight excluding hydrogens is 344 g/mol. The van der Waals surface area contributed by atoms with Gasteiger partial charge in [-0.3, -0.25) is 9.59 Å². The Balaban J connectivity index is 1.96. The van der Waals surface area contributed by atoms with Crippen molar-refractivity contribution in [2.24, 2.45) is 0 Å². The summed E-state index contributed by atoms with van der Waals surface area (Å²) >= 11 is 0. The normalized spacial score (nSPS) is 10.2. The number of nitrogens with zero attached hydrogens (tertiary/aromatic N) is 1. The highest BCUT2D eigenvalue weighted by Crippen LogP contribution is 2.29. The van der Waals surface area contributed by atoms with Gasteiger partial charge in [-0.25, -0.2) is 0 Å². The van der Waals surface area contributed by atoms with Crippen molar-refractivity contribution in [3.05, 3.63) is 53.6 Å². The maximum Gasteiger partial charge on any atom is 0.226 e. The van der Waals surface area contributed by atoms with Crippen LogP contribution in [0.25, 0.3) is 0 Å². The number of hydrogen-bond acceptors (Lipinski definition) is 4. The Labute approximate surface area is 160 Å². The van der Waals surface area contributed by atoms with E-state index in [1.807, 2.05) is 31.2 Å². The maximum atomic E-state index is 12.3. The molecule has 2 aromatic carbocycles. The van der Waals surface area contributed by atoms with Gasteiger partial charge in [-0.2, -0.15) is 0 Å². The number of rotatable bonds is 8. The van der Waals surface area contributed by atoms with Gasteiger partial charge in [0, 0.05) is 38.2 Å². The number of anilines is 1. The molecule has 0 saturated heterocycles. The molecule has 0 heterocycles. The van der Waals surface area contributed by atoms with Crippen LogP contribution in [0.15, 0.2) is 42.5 Å². The summed E-state index contributed by atoms with van der Waals surface area (Å²) in [5, 5.41) is 2.83. The van der Waals surface area contributed by atoms with Gasteiger partial charge in [0.2, 0.25) is 11.8 Å². The number of ether oxygens (including phenoxy) is 2. The molecule has 2 rings (SSSR count). The Hall–Kier alpha value is -3.02. The van der Waals surface area contributed by atoms with Crippen LogP contribution in [-0.4, -0.2) is 37.5 Å². The van der Waals surface area contributed by atoms with Crippen molar-refractivity contribution >= 4 is 17.5 Å². The lowest BCUT2D eigenvalue weighted by Crippen LogP contribution is -2.31. The minimum atomic E-state index is -0.168. The first-order valence-corrected chi connectivity index (χ1v) is 8.76. The summed E-state index contributed by atoms with van der Waals surface area (Å²) in [6.07, 6.45) is 0.208. The highest BCUT2D eigenvalue weighted by Gasteiger charge is 2.14. The van der Waals surface area contributed by atoms with Crippen molar-refractivity contribution in [1.29, 1.82) is 0 Å². The van der Waals surface area contributed by atoms with Crippen molar-refractivity contribution < 1.29 is 19.1 Å². The van der Waals surface area contributed by atoms with Crippen LogP contribution in [0.4, 0.5) is 5.69 Å². The van der Waals surface area contributed by atoms with Gasteiger partial charge in [0.15, 0.2) is 11.5 Å². The SMILES string of the molecule is COc1ccc(NC(=O)CCN(Cc2ccccc2C)C(C)=O)cc1OC. The molecule has 0 saturated carbocycles. The van der Waals surface area contributed by atoms with E-state index in [1.165, 1.54) is 6.92 Å². The molecule has 27 heavy (non-hydrogen) atoms. The summed E-state index contributed by atoms with van der Waals surface area (Å²) in [5.74, 6) is 0.909. The number of amides is 2. The van der Waals surface area contributed by atoms with Crippen molar-refractivity contribution in [3.8, 4) is 11.5 Å². The van der Waals surface area contributed by atoms with Gasteiger partial charge in [0.05, 0.1) is 14.2 Å². The van der Waals surface area contributed by atoms with E-state index in [1.54, 1.807) is 37.3 Å². The molecule has 0 spiro atoms. The van der Waals surface area contributed by atoms with E-state index in [4.69, 9.17) is 9.47 Å². The minimum absolute atomic E-state index is 0.0582. The summed E-state index contributed by atoms with van der Waals surface area (Å²) in [4.78, 5) is 25.9. The topological polar surface area (TPSA) is 67.9 Å². The molecule has 0 aliphatic heterocycles. The van der Waals surface area contributed by atoms with E-state index >= 15 is 0 Å². The number of methoxy groups -OCH3 is 2. The van der Waals surface area contributed by atoms with Crippen LogP contribution < -0.4 is 14.8 Å². The first-order valence-electron chi connectivity index (χ1n) is 8.76. The first kappa shape index (κ1) is 20.3. The lowest BCUT2D eigenvalue weighted by atomic mass is 10.1. The van der Waals surface area contributed by atoms with E-state index in [0.717, 1.165) is 11.1 Å². The fourth-order valence-corrected chi connectivity index (χ4v) is 2.71. The zero-order valence-electron chi connectivity index (χ0n) is 16.2. The van der Waals surface area contributed by atoms with Gasteiger partial charge in [-0.05, 0) is 30.2 Å². The molecule has 0 aromatic heterocycles. The Kier molecular flexibility index (Phi) is 7.23. The van der Waals surface area contributed by atoms with Crippen LogP contribution in [0.1, 0.15) is 24.5 Å². The van der Waals surface area contributed by atoms with Crippen molar-refractivity contribution in [2.75, 3.05) is 26.1 Å². The molecule has 6 heteroatoms. The zero-order valence-corrected chi connectivity index (χ0v) is 16.2. The molecule has 0 aliphatic rings. The number of carbonyl (C=O) groups is 2. The van der Waals surface area contributed by atoms with E-state index in [2.05, 4.69) is 5.32 Å². The Morgan fingerprint density at radius 2 is 1.74 bits per heavy atom. The standard InChI is InChI=1S/C21H26N2O4/c1-15-7-5-6-8-17(15)14-23(16(2)24)12-11-21(25)22-18-9-10-19(26-3)20(13-18)27-4/h5-10,13H,11-12,14H2,1-4H3,(H,22,25). The van der Waals surface area contributed by atoms with Gasteiger partial charge in [-0.15, -0.1) is 0 Å². The van der Waals surface area contributed by atoms with Crippen LogP contribution in [0.3, 0.4) is 0 Å². The maximum absolute atomic E-state index is 12.3. The van der Waals surface area contributed by atoms with E-state index < -0.39 is 0 Å². The number of hydrogen-bond donors (Lipinski definition) is 1. The van der Waals surface area contributed by atoms with Gasteiger partial charge < -0.3 is 19.7 Å². The fourth-order valence-electron chi connectivity index (χ4n) is 2.71. The van der Waals surface area contributed by atoms with Crippen LogP contribution in [0.5, 0.6) is 11.5 Å². The highest BCUT2D eigenvalue weighted by molar-refractivity contribution is 5.91. The van der Waals surface area contributed by atoms with Crippen LogP contribution >= 0.6 is 0 Å². The molecule has 2 aromatic rings. The van der Waals surface area contributed by atoms with Gasteiger partial charge in [0.1, 0.15) is 0 Å². The summed E-state index contributed by atoms with van der Waals surface area (Å²) in [5.41, 5.74) is 2.82. The van der Waals surface area contributed by atoms with Crippen molar-refractivity contribution in [1.82, 2.24) is 4.90 Å². The average Bonchev–Trinajstić information content (AvgIpc) is 2.66. The second-order valence-electron chi connectivity index (χ2n) is 6.23. The molecule has 2 amide bonds. The average molecular weight is 370 g/mol. The molecule has 144 valence electrons. The second kappa shape index (κ2) is 9.62. The Morgan fingerprint density at radius 1 is 1.04 bits per heavy atom. The zero-order chi connectivity index (χ0) is 19.8. The van der Waals surface area contributed by atoms with Gasteiger partial charge >= 0.3 is 0 Å². The summed E-state index contributed by atoms with van der Waals surface area (Å²) < 4.78 is 10.4. The summed E-state index contributed by atoms with van der Waals surface area (Å²) in [7, 11) is 3.10. The van der Waals surface area contributed by atoms with Crippen LogP contribution in [0.2, 0.25) is 0 Å². The molecule has 6 nitrogen and oxygen atoms in total. The Morgan fingerprint density at radius 3 is 2.37 bits per heavy atom. The number of benzene rings is 2. The van der Waals surface area contributed by atoms with E-state index in [-0.39, 0.29) is 18.2 Å². The molecule has 0 aliphatic carbocycles. The third-order valence-electron chi connectivity index (χ3n) is 4.34. The van der Waals surface area contributed by atoms with Crippen LogP contribution in [-0.2, 0) is 16.1 Å². The first-order chi connectivity index (χ1) is 12.9. The lowest BCUT2D eigenvalue weighted by molar-refractivity contribution is -0.129. The third-order valence-corrected chi connectivity index (χ3v) is 4.34. The van der Waals surface area contributed by atoms with E-state index in [9.17, 15) is 9.59 Å². The number of carbonyl (C=O) groups excluding carboxylic acids is 2. The predicted molar refractivity (Wildman–Crippen MR) is 105 cm³/mol. The molecule has 0 bridgehead atoms. The second-order valence-corrected chi connectivity index (χ2v) is 6.23. The largest absolute Gasteiger partial charge is 0.493 e. The molecule has 0 radical (unpaired) electrons. The molecule has 0 fully saturated rings. The van der Waals surface area contributed by atoms with Crippen molar-refractivity contribution in [2.45, 2.75) is 26.8 Å².